The smallest absolute Gasteiger partial charge is 0.255 e. The number of ether oxygens (including phenoxy) is 2. The van der Waals surface area contributed by atoms with Crippen LogP contribution in [0, 0.1) is 0 Å². The zero-order valence-electron chi connectivity index (χ0n) is 17.8. The Kier molecular flexibility index (Phi) is 6.82. The van der Waals surface area contributed by atoms with Crippen LogP contribution >= 0.6 is 0 Å². The van der Waals surface area contributed by atoms with Crippen LogP contribution in [0.1, 0.15) is 44.4 Å². The van der Waals surface area contributed by atoms with Crippen LogP contribution in [-0.4, -0.2) is 30.6 Å². The second-order valence-electron chi connectivity index (χ2n) is 7.90. The number of nitrogens with one attached hydrogen (secondary N) is 2. The first kappa shape index (κ1) is 21.5. The number of aliphatic imine (C=N–C) groups is 1. The number of benzene rings is 2. The van der Waals surface area contributed by atoms with Gasteiger partial charge >= 0.3 is 0 Å². The number of amides is 1. The molecule has 7 nitrogen and oxygen atoms in total. The van der Waals surface area contributed by atoms with Crippen molar-refractivity contribution in [2.75, 3.05) is 13.2 Å². The van der Waals surface area contributed by atoms with Gasteiger partial charge in [-0.3, -0.25) is 4.79 Å². The van der Waals surface area contributed by atoms with Crippen molar-refractivity contribution in [1.82, 2.24) is 10.6 Å². The molecule has 1 aliphatic heterocycles. The number of nitrogens with zero attached hydrogens (tertiary/aromatic N) is 1. The molecule has 0 aliphatic carbocycles. The first-order chi connectivity index (χ1) is 14.4. The summed E-state index contributed by atoms with van der Waals surface area (Å²) in [6.45, 7) is 7.31. The molecule has 3 rings (SSSR count). The maximum Gasteiger partial charge on any atom is 0.255 e. The Morgan fingerprint density at radius 1 is 1.27 bits per heavy atom. The van der Waals surface area contributed by atoms with Gasteiger partial charge in [-0.15, -0.1) is 0 Å². The fourth-order valence-electron chi connectivity index (χ4n) is 3.47. The summed E-state index contributed by atoms with van der Waals surface area (Å²) in [7, 11) is 0. The van der Waals surface area contributed by atoms with Crippen molar-refractivity contribution in [2.45, 2.75) is 45.4 Å². The molecule has 1 aliphatic rings. The number of hydrogen-bond acceptors (Lipinski definition) is 4. The molecule has 1 unspecified atom stereocenters. The molecule has 0 saturated carbocycles. The summed E-state index contributed by atoms with van der Waals surface area (Å²) in [5, 5.41) is 6.88. The highest BCUT2D eigenvalue weighted by atomic mass is 16.5. The fraction of sp³-hybridized carbons (Fsp3) is 0.391. The maximum atomic E-state index is 10.9. The second-order valence-corrected chi connectivity index (χ2v) is 7.90. The Bertz CT molecular complexity index is 911. The van der Waals surface area contributed by atoms with Gasteiger partial charge in [-0.2, -0.15) is 0 Å². The number of carbonyl (C=O) groups is 1. The lowest BCUT2D eigenvalue weighted by atomic mass is 9.90. The first-order valence-electron chi connectivity index (χ1n) is 10.2. The Morgan fingerprint density at radius 2 is 2.07 bits per heavy atom. The molecule has 0 bridgehead atoms. The summed E-state index contributed by atoms with van der Waals surface area (Å²) in [5.41, 5.74) is 6.98. The first-order valence-corrected chi connectivity index (χ1v) is 10.2. The molecule has 0 radical (unpaired) electrons. The lowest BCUT2D eigenvalue weighted by molar-refractivity contribution is -0.119. The Balaban J connectivity index is 1.74. The van der Waals surface area contributed by atoms with E-state index in [1.807, 2.05) is 43.3 Å². The fourth-order valence-corrected chi connectivity index (χ4v) is 3.47. The van der Waals surface area contributed by atoms with E-state index in [1.54, 1.807) is 6.07 Å². The molecule has 1 heterocycles. The van der Waals surface area contributed by atoms with Gasteiger partial charge < -0.3 is 25.8 Å². The van der Waals surface area contributed by atoms with E-state index >= 15 is 0 Å². The van der Waals surface area contributed by atoms with Crippen molar-refractivity contribution < 1.29 is 14.3 Å². The number of fused-ring (bicyclic) bond motifs is 1. The Hall–Kier alpha value is -3.22. The summed E-state index contributed by atoms with van der Waals surface area (Å²) in [6, 6.07) is 15.7. The molecule has 0 aromatic heterocycles. The van der Waals surface area contributed by atoms with E-state index in [0.717, 1.165) is 35.8 Å². The van der Waals surface area contributed by atoms with Crippen LogP contribution in [0.3, 0.4) is 0 Å². The number of primary amides is 1. The normalized spacial score (nSPS) is 17.4. The van der Waals surface area contributed by atoms with E-state index in [0.29, 0.717) is 12.3 Å². The van der Waals surface area contributed by atoms with E-state index in [-0.39, 0.29) is 18.2 Å². The Labute approximate surface area is 177 Å². The molecular formula is C23H30N4O3. The maximum absolute atomic E-state index is 10.9. The molecule has 7 heteroatoms. The van der Waals surface area contributed by atoms with Gasteiger partial charge in [-0.1, -0.05) is 30.3 Å². The predicted molar refractivity (Wildman–Crippen MR) is 118 cm³/mol. The van der Waals surface area contributed by atoms with Crippen LogP contribution < -0.4 is 25.8 Å². The lowest BCUT2D eigenvalue weighted by Crippen LogP contribution is -2.45. The standard InChI is InChI=1S/C23H30N4O3/c1-4-25-22(26-14-16-8-7-9-17(12-16)29-15-21(24)28)27-19-13-23(2,3)30-20-11-6-5-10-18(19)20/h5-12,19H,4,13-15H2,1-3H3,(H2,24,28)(H2,25,26,27). The lowest BCUT2D eigenvalue weighted by Gasteiger charge is -2.38. The molecule has 0 fully saturated rings. The number of para-hydroxylation sites is 1. The van der Waals surface area contributed by atoms with Gasteiger partial charge in [0.05, 0.1) is 12.6 Å². The summed E-state index contributed by atoms with van der Waals surface area (Å²) in [4.78, 5) is 15.7. The van der Waals surface area contributed by atoms with Crippen LogP contribution in [0.4, 0.5) is 0 Å². The van der Waals surface area contributed by atoms with Gasteiger partial charge in [0.25, 0.3) is 5.91 Å². The highest BCUT2D eigenvalue weighted by Crippen LogP contribution is 2.39. The molecule has 2 aromatic rings. The van der Waals surface area contributed by atoms with E-state index < -0.39 is 5.91 Å². The van der Waals surface area contributed by atoms with Crippen LogP contribution in [0.25, 0.3) is 0 Å². The van der Waals surface area contributed by atoms with Gasteiger partial charge in [-0.25, -0.2) is 4.99 Å². The number of carbonyl (C=O) groups excluding carboxylic acids is 1. The summed E-state index contributed by atoms with van der Waals surface area (Å²) in [5.74, 6) is 1.73. The SMILES string of the molecule is CCNC(=NCc1cccc(OCC(N)=O)c1)NC1CC(C)(C)Oc2ccccc21. The van der Waals surface area contributed by atoms with E-state index in [2.05, 4.69) is 30.5 Å². The van der Waals surface area contributed by atoms with Gasteiger partial charge in [0, 0.05) is 18.5 Å². The average Bonchev–Trinajstić information content (AvgIpc) is 2.70. The molecule has 1 atom stereocenters. The van der Waals surface area contributed by atoms with E-state index in [4.69, 9.17) is 20.2 Å². The van der Waals surface area contributed by atoms with Crippen molar-refractivity contribution in [1.29, 1.82) is 0 Å². The van der Waals surface area contributed by atoms with Gasteiger partial charge in [-0.05, 0) is 44.5 Å². The minimum atomic E-state index is -0.503. The molecule has 0 spiro atoms. The predicted octanol–water partition coefficient (Wildman–Crippen LogP) is 2.91. The van der Waals surface area contributed by atoms with Crippen LogP contribution in [-0.2, 0) is 11.3 Å². The number of hydrogen-bond donors (Lipinski definition) is 3. The average molecular weight is 411 g/mol. The summed E-state index contributed by atoms with van der Waals surface area (Å²) in [6.07, 6.45) is 0.824. The minimum absolute atomic E-state index is 0.0907. The monoisotopic (exact) mass is 410 g/mol. The largest absolute Gasteiger partial charge is 0.487 e. The van der Waals surface area contributed by atoms with Gasteiger partial charge in [0.1, 0.15) is 17.1 Å². The van der Waals surface area contributed by atoms with Crippen molar-refractivity contribution >= 4 is 11.9 Å². The number of rotatable bonds is 7. The molecule has 2 aromatic carbocycles. The third-order valence-corrected chi connectivity index (χ3v) is 4.73. The van der Waals surface area contributed by atoms with Gasteiger partial charge in [0.2, 0.25) is 0 Å². The Morgan fingerprint density at radius 3 is 2.83 bits per heavy atom. The highest BCUT2D eigenvalue weighted by molar-refractivity contribution is 5.80. The molecule has 160 valence electrons. The quantitative estimate of drug-likeness (QED) is 0.482. The zero-order valence-corrected chi connectivity index (χ0v) is 17.8. The third kappa shape index (κ3) is 5.89. The van der Waals surface area contributed by atoms with Crippen molar-refractivity contribution in [3.05, 3.63) is 59.7 Å². The van der Waals surface area contributed by atoms with Crippen molar-refractivity contribution in [3.63, 3.8) is 0 Å². The summed E-state index contributed by atoms with van der Waals surface area (Å²) >= 11 is 0. The number of nitrogens with two attached hydrogens (primary N) is 1. The summed E-state index contributed by atoms with van der Waals surface area (Å²) < 4.78 is 11.5. The zero-order chi connectivity index (χ0) is 21.6. The third-order valence-electron chi connectivity index (χ3n) is 4.73. The molecule has 0 saturated heterocycles. The van der Waals surface area contributed by atoms with E-state index in [1.165, 1.54) is 0 Å². The van der Waals surface area contributed by atoms with E-state index in [9.17, 15) is 4.79 Å². The van der Waals surface area contributed by atoms with Crippen LogP contribution in [0.5, 0.6) is 11.5 Å². The van der Waals surface area contributed by atoms with Crippen LogP contribution in [0.15, 0.2) is 53.5 Å². The van der Waals surface area contributed by atoms with Crippen molar-refractivity contribution in [2.24, 2.45) is 10.7 Å². The second kappa shape index (κ2) is 9.52. The van der Waals surface area contributed by atoms with Crippen LogP contribution in [0.2, 0.25) is 0 Å². The highest BCUT2D eigenvalue weighted by Gasteiger charge is 2.33. The minimum Gasteiger partial charge on any atom is -0.487 e. The number of guanidine groups is 1. The topological polar surface area (TPSA) is 98.0 Å². The molecule has 4 N–H and O–H groups in total. The van der Waals surface area contributed by atoms with Gasteiger partial charge in [0.15, 0.2) is 12.6 Å². The van der Waals surface area contributed by atoms with Crippen molar-refractivity contribution in [3.8, 4) is 11.5 Å². The molecular weight excluding hydrogens is 380 g/mol. The molecule has 1 amide bonds. The molecule has 30 heavy (non-hydrogen) atoms.